The Kier molecular flexibility index (Phi) is 11.5. The van der Waals surface area contributed by atoms with E-state index in [9.17, 15) is 27.2 Å². The maximum atomic E-state index is 13.8. The highest BCUT2D eigenvalue weighted by molar-refractivity contribution is 5.91. The number of hydrogen-bond acceptors (Lipinski definition) is 3. The summed E-state index contributed by atoms with van der Waals surface area (Å²) in [5.41, 5.74) is 2.31. The van der Waals surface area contributed by atoms with Gasteiger partial charge >= 0.3 is 18.1 Å². The second-order valence-electron chi connectivity index (χ2n) is 10.5. The molecule has 0 aliphatic carbocycles. The third kappa shape index (κ3) is 11.0. The van der Waals surface area contributed by atoms with E-state index in [1.807, 2.05) is 36.4 Å². The van der Waals surface area contributed by atoms with Gasteiger partial charge in [-0.15, -0.1) is 0 Å². The van der Waals surface area contributed by atoms with Crippen LogP contribution < -0.4 is 4.74 Å². The maximum absolute atomic E-state index is 13.8. The van der Waals surface area contributed by atoms with Crippen LogP contribution in [0.4, 0.5) is 17.6 Å². The van der Waals surface area contributed by atoms with Crippen molar-refractivity contribution in [1.82, 2.24) is 0 Å². The summed E-state index contributed by atoms with van der Waals surface area (Å²) >= 11 is 0. The molecule has 220 valence electrons. The van der Waals surface area contributed by atoms with Gasteiger partial charge in [-0.25, -0.2) is 14.0 Å². The number of esters is 1. The minimum atomic E-state index is -4.11. The smallest absolute Gasteiger partial charge is 0.389 e. The molecule has 0 radical (unpaired) electrons. The molecular formula is C33H36F4O4. The molecule has 1 N–H and O–H groups in total. The number of carbonyl (C=O) groups is 2. The Balaban J connectivity index is 1.42. The lowest BCUT2D eigenvalue weighted by atomic mass is 9.98. The molecule has 3 rings (SSSR count). The zero-order valence-electron chi connectivity index (χ0n) is 23.2. The number of ether oxygens (including phenoxy) is 1. The van der Waals surface area contributed by atoms with Crippen LogP contribution in [-0.4, -0.2) is 28.9 Å². The second kappa shape index (κ2) is 14.8. The summed E-state index contributed by atoms with van der Waals surface area (Å²) in [6.45, 7) is 1.10. The highest BCUT2D eigenvalue weighted by Gasteiger charge is 2.31. The average Bonchev–Trinajstić information content (AvgIpc) is 2.93. The third-order valence-corrected chi connectivity index (χ3v) is 7.03. The highest BCUT2D eigenvalue weighted by Crippen LogP contribution is 2.25. The first-order valence-corrected chi connectivity index (χ1v) is 13.9. The van der Waals surface area contributed by atoms with E-state index in [1.54, 1.807) is 36.4 Å². The molecule has 0 aliphatic rings. The molecular weight excluding hydrogens is 536 g/mol. The van der Waals surface area contributed by atoms with Gasteiger partial charge in [-0.05, 0) is 98.4 Å². The summed E-state index contributed by atoms with van der Waals surface area (Å²) in [5, 5.41) is 8.84. The molecule has 4 nitrogen and oxygen atoms in total. The molecule has 0 aromatic heterocycles. The quantitative estimate of drug-likeness (QED) is 0.0854. The lowest BCUT2D eigenvalue weighted by Gasteiger charge is -2.14. The largest absolute Gasteiger partial charge is 0.479 e. The van der Waals surface area contributed by atoms with Crippen LogP contribution in [0.15, 0.2) is 72.8 Å². The molecule has 0 saturated heterocycles. The van der Waals surface area contributed by atoms with Crippen molar-refractivity contribution in [1.29, 1.82) is 0 Å². The fourth-order valence-corrected chi connectivity index (χ4v) is 4.45. The van der Waals surface area contributed by atoms with Crippen molar-refractivity contribution in [2.24, 2.45) is 0 Å². The van der Waals surface area contributed by atoms with Crippen LogP contribution in [0.2, 0.25) is 0 Å². The molecule has 8 heteroatoms. The number of benzene rings is 3. The van der Waals surface area contributed by atoms with Crippen molar-refractivity contribution in [3.05, 3.63) is 89.5 Å². The summed E-state index contributed by atoms with van der Waals surface area (Å²) in [7, 11) is 0. The number of aliphatic carboxylic acids is 1. The molecule has 0 saturated carbocycles. The lowest BCUT2D eigenvalue weighted by Crippen LogP contribution is -2.29. The van der Waals surface area contributed by atoms with Gasteiger partial charge in [-0.1, -0.05) is 61.4 Å². The number of unbranched alkanes of at least 4 members (excludes halogenated alkanes) is 4. The Bertz CT molecular complexity index is 1250. The third-order valence-electron chi connectivity index (χ3n) is 7.03. The predicted octanol–water partition coefficient (Wildman–Crippen LogP) is 9.15. The first-order chi connectivity index (χ1) is 19.4. The van der Waals surface area contributed by atoms with Crippen LogP contribution in [0.1, 0.15) is 79.8 Å². The van der Waals surface area contributed by atoms with E-state index in [4.69, 9.17) is 9.84 Å². The minimum Gasteiger partial charge on any atom is -0.479 e. The van der Waals surface area contributed by atoms with Gasteiger partial charge in [0, 0.05) is 6.42 Å². The van der Waals surface area contributed by atoms with Gasteiger partial charge in [0.05, 0.1) is 5.56 Å². The molecule has 0 heterocycles. The van der Waals surface area contributed by atoms with E-state index < -0.39 is 30.2 Å². The number of carboxylic acids is 1. The van der Waals surface area contributed by atoms with E-state index >= 15 is 0 Å². The van der Waals surface area contributed by atoms with Crippen molar-refractivity contribution in [3.8, 4) is 16.9 Å². The first kappa shape index (κ1) is 31.8. The summed E-state index contributed by atoms with van der Waals surface area (Å²) in [4.78, 5) is 23.4. The fourth-order valence-electron chi connectivity index (χ4n) is 4.45. The minimum absolute atomic E-state index is 0.0121. The molecule has 0 bridgehead atoms. The molecule has 0 spiro atoms. The van der Waals surface area contributed by atoms with Crippen LogP contribution in [0.3, 0.4) is 0 Å². The predicted molar refractivity (Wildman–Crippen MR) is 151 cm³/mol. The number of carboxylic acid groups (broad SMARTS) is 1. The molecule has 1 atom stereocenters. The van der Waals surface area contributed by atoms with Crippen LogP contribution in [0.25, 0.3) is 11.1 Å². The van der Waals surface area contributed by atoms with Crippen LogP contribution in [0, 0.1) is 0 Å². The summed E-state index contributed by atoms with van der Waals surface area (Å²) in [5.74, 6) is -1.49. The van der Waals surface area contributed by atoms with Crippen LogP contribution >= 0.6 is 0 Å². The zero-order chi connectivity index (χ0) is 29.9. The normalized spacial score (nSPS) is 13.0. The fraction of sp³-hybridized carbons (Fsp3) is 0.394. The molecule has 0 amide bonds. The number of aryl methyl sites for hydroxylation is 2. The van der Waals surface area contributed by atoms with Gasteiger partial charge < -0.3 is 9.84 Å². The topological polar surface area (TPSA) is 63.6 Å². The number of alkyl halides is 4. The number of rotatable bonds is 15. The van der Waals surface area contributed by atoms with Crippen molar-refractivity contribution < 1.29 is 37.0 Å². The standard InChI is InChI=1S/C33H36F4O4/c1-32(34,31(39)40)22-6-2-4-8-24-10-14-26(15-11-24)27-18-20-29(21-19-27)41-30(38)28-16-12-25(13-17-28)9-5-3-7-23-33(35,36)37/h10-21H,2-9,22-23H2,1H3,(H,39,40)/t32-/m0/s1. The van der Waals surface area contributed by atoms with Crippen LogP contribution in [0.5, 0.6) is 5.75 Å². The summed E-state index contributed by atoms with van der Waals surface area (Å²) in [6, 6.07) is 22.2. The highest BCUT2D eigenvalue weighted by atomic mass is 19.4. The molecule has 41 heavy (non-hydrogen) atoms. The van der Waals surface area contributed by atoms with Crippen LogP contribution in [-0.2, 0) is 17.6 Å². The van der Waals surface area contributed by atoms with Crippen molar-refractivity contribution in [2.45, 2.75) is 83.0 Å². The molecule has 0 fully saturated rings. The molecule has 0 aliphatic heterocycles. The molecule has 3 aromatic carbocycles. The second-order valence-corrected chi connectivity index (χ2v) is 10.5. The van der Waals surface area contributed by atoms with Crippen molar-refractivity contribution in [3.63, 3.8) is 0 Å². The zero-order valence-corrected chi connectivity index (χ0v) is 23.2. The summed E-state index contributed by atoms with van der Waals surface area (Å²) < 4.78 is 55.9. The van der Waals surface area contributed by atoms with E-state index in [2.05, 4.69) is 0 Å². The average molecular weight is 573 g/mol. The van der Waals surface area contributed by atoms with Crippen molar-refractivity contribution >= 4 is 11.9 Å². The maximum Gasteiger partial charge on any atom is 0.389 e. The van der Waals surface area contributed by atoms with Gasteiger partial charge in [-0.2, -0.15) is 13.2 Å². The van der Waals surface area contributed by atoms with Crippen molar-refractivity contribution in [2.75, 3.05) is 0 Å². The molecule has 3 aromatic rings. The molecule has 0 unspecified atom stereocenters. The summed E-state index contributed by atoms with van der Waals surface area (Å²) in [6.07, 6.45) is 0.0555. The SMILES string of the molecule is C[C@](F)(CCCCCc1ccc(-c2ccc(OC(=O)c3ccc(CCCCCC(F)(F)F)cc3)cc2)cc1)C(=O)O. The van der Waals surface area contributed by atoms with E-state index in [0.29, 0.717) is 37.0 Å². The first-order valence-electron chi connectivity index (χ1n) is 13.9. The van der Waals surface area contributed by atoms with Gasteiger partial charge in [0.1, 0.15) is 5.75 Å². The van der Waals surface area contributed by atoms with Gasteiger partial charge in [0.25, 0.3) is 0 Å². The van der Waals surface area contributed by atoms with E-state index in [1.165, 1.54) is 0 Å². The Morgan fingerprint density at radius 2 is 1.12 bits per heavy atom. The lowest BCUT2D eigenvalue weighted by molar-refractivity contribution is -0.150. The Hall–Kier alpha value is -3.68. The number of hydrogen-bond donors (Lipinski definition) is 1. The number of carbonyl (C=O) groups excluding carboxylic acids is 1. The van der Waals surface area contributed by atoms with E-state index in [-0.39, 0.29) is 12.8 Å². The van der Waals surface area contributed by atoms with Gasteiger partial charge in [0.15, 0.2) is 0 Å². The Morgan fingerprint density at radius 1 is 0.659 bits per heavy atom. The Morgan fingerprint density at radius 3 is 1.61 bits per heavy atom. The Labute approximate surface area is 238 Å². The van der Waals surface area contributed by atoms with Gasteiger partial charge in [-0.3, -0.25) is 0 Å². The van der Waals surface area contributed by atoms with E-state index in [0.717, 1.165) is 48.4 Å². The monoisotopic (exact) mass is 572 g/mol. The number of halogens is 4. The van der Waals surface area contributed by atoms with Gasteiger partial charge in [0.2, 0.25) is 5.67 Å².